The average Bonchev–Trinajstić information content (AvgIpc) is 2.89. The first kappa shape index (κ1) is 13.2. The van der Waals surface area contributed by atoms with Crippen LogP contribution in [0.1, 0.15) is 25.5 Å². The number of aliphatic hydroxyl groups excluding tert-OH is 1. The van der Waals surface area contributed by atoms with Gasteiger partial charge in [-0.15, -0.1) is 0 Å². The maximum atomic E-state index is 9.95. The van der Waals surface area contributed by atoms with E-state index in [-0.39, 0.29) is 6.10 Å². The van der Waals surface area contributed by atoms with Gasteiger partial charge in [0.05, 0.1) is 6.10 Å². The van der Waals surface area contributed by atoms with E-state index in [2.05, 4.69) is 27.1 Å². The predicted octanol–water partition coefficient (Wildman–Crippen LogP) is 0.908. The molecule has 0 radical (unpaired) electrons. The van der Waals surface area contributed by atoms with Crippen LogP contribution in [-0.2, 0) is 6.42 Å². The first-order valence-electron chi connectivity index (χ1n) is 6.73. The van der Waals surface area contributed by atoms with Crippen molar-refractivity contribution in [2.75, 3.05) is 31.5 Å². The summed E-state index contributed by atoms with van der Waals surface area (Å²) < 4.78 is 0. The molecule has 1 atom stereocenters. The minimum atomic E-state index is -0.344. The van der Waals surface area contributed by atoms with E-state index in [1.807, 2.05) is 6.07 Å². The fraction of sp³-hybridized carbons (Fsp3) is 0.692. The van der Waals surface area contributed by atoms with E-state index in [0.29, 0.717) is 6.54 Å². The van der Waals surface area contributed by atoms with Gasteiger partial charge in [0.15, 0.2) is 0 Å². The van der Waals surface area contributed by atoms with Crippen LogP contribution in [0.2, 0.25) is 0 Å². The number of aromatic nitrogens is 2. The van der Waals surface area contributed by atoms with E-state index in [1.54, 1.807) is 6.33 Å². The Hall–Kier alpha value is -1.20. The Morgan fingerprint density at radius 1 is 1.39 bits per heavy atom. The molecule has 1 aliphatic rings. The highest BCUT2D eigenvalue weighted by atomic mass is 16.3. The van der Waals surface area contributed by atoms with Crippen LogP contribution in [-0.4, -0.2) is 52.3 Å². The summed E-state index contributed by atoms with van der Waals surface area (Å²) in [6.07, 6.45) is 4.63. The molecule has 2 heterocycles. The van der Waals surface area contributed by atoms with Gasteiger partial charge in [-0.3, -0.25) is 0 Å². The molecule has 1 aromatic heterocycles. The molecule has 0 amide bonds. The van der Waals surface area contributed by atoms with Crippen molar-refractivity contribution in [3.63, 3.8) is 0 Å². The van der Waals surface area contributed by atoms with Crippen LogP contribution in [0.3, 0.4) is 0 Å². The smallest absolute Gasteiger partial charge is 0.129 e. The predicted molar refractivity (Wildman–Crippen MR) is 71.6 cm³/mol. The zero-order valence-corrected chi connectivity index (χ0v) is 11.0. The summed E-state index contributed by atoms with van der Waals surface area (Å²) in [7, 11) is 0. The summed E-state index contributed by atoms with van der Waals surface area (Å²) in [6.45, 7) is 5.58. The van der Waals surface area contributed by atoms with Gasteiger partial charge in [0.25, 0.3) is 0 Å². The summed E-state index contributed by atoms with van der Waals surface area (Å²) >= 11 is 0. The number of hydrogen-bond acceptors (Lipinski definition) is 5. The largest absolute Gasteiger partial charge is 0.390 e. The Balaban J connectivity index is 1.75. The Bertz CT molecular complexity index is 366. The third kappa shape index (κ3) is 3.92. The van der Waals surface area contributed by atoms with E-state index in [1.165, 1.54) is 12.8 Å². The van der Waals surface area contributed by atoms with Crippen molar-refractivity contribution in [1.29, 1.82) is 0 Å². The van der Waals surface area contributed by atoms with Gasteiger partial charge in [-0.25, -0.2) is 9.97 Å². The van der Waals surface area contributed by atoms with Gasteiger partial charge in [0.2, 0.25) is 0 Å². The number of anilines is 1. The van der Waals surface area contributed by atoms with Crippen LogP contribution < -0.4 is 5.32 Å². The lowest BCUT2D eigenvalue weighted by molar-refractivity contribution is 0.135. The first-order valence-corrected chi connectivity index (χ1v) is 6.73. The lowest BCUT2D eigenvalue weighted by Gasteiger charge is -2.19. The van der Waals surface area contributed by atoms with E-state index < -0.39 is 0 Å². The van der Waals surface area contributed by atoms with Crippen LogP contribution in [0.25, 0.3) is 0 Å². The standard InChI is InChI=1S/C13H22N4O/c1-2-11-7-13(16-10-15-11)14-8-12(18)9-17-5-3-4-6-17/h7,10,12,18H,2-6,8-9H2,1H3,(H,14,15,16)/t12-/m1/s1. The van der Waals surface area contributed by atoms with E-state index >= 15 is 0 Å². The minimum Gasteiger partial charge on any atom is -0.390 e. The molecule has 100 valence electrons. The maximum absolute atomic E-state index is 9.95. The van der Waals surface area contributed by atoms with Crippen molar-refractivity contribution in [2.24, 2.45) is 0 Å². The minimum absolute atomic E-state index is 0.344. The van der Waals surface area contributed by atoms with Gasteiger partial charge in [-0.2, -0.15) is 0 Å². The van der Waals surface area contributed by atoms with Crippen LogP contribution in [0.5, 0.6) is 0 Å². The monoisotopic (exact) mass is 250 g/mol. The summed E-state index contributed by atoms with van der Waals surface area (Å²) in [5.74, 6) is 0.794. The zero-order valence-electron chi connectivity index (χ0n) is 11.0. The average molecular weight is 250 g/mol. The van der Waals surface area contributed by atoms with Gasteiger partial charge < -0.3 is 15.3 Å². The molecular weight excluding hydrogens is 228 g/mol. The van der Waals surface area contributed by atoms with Crippen LogP contribution in [0, 0.1) is 0 Å². The lowest BCUT2D eigenvalue weighted by atomic mass is 10.3. The number of aryl methyl sites for hydroxylation is 1. The molecule has 5 nitrogen and oxygen atoms in total. The third-order valence-corrected chi connectivity index (χ3v) is 3.27. The molecule has 1 aliphatic heterocycles. The van der Waals surface area contributed by atoms with E-state index in [9.17, 15) is 5.11 Å². The quantitative estimate of drug-likeness (QED) is 0.786. The first-order chi connectivity index (χ1) is 8.78. The molecule has 0 aliphatic carbocycles. The molecule has 0 spiro atoms. The number of rotatable bonds is 6. The second-order valence-electron chi connectivity index (χ2n) is 4.79. The molecule has 5 heteroatoms. The highest BCUT2D eigenvalue weighted by molar-refractivity contribution is 5.34. The van der Waals surface area contributed by atoms with Crippen LogP contribution >= 0.6 is 0 Å². The molecular formula is C13H22N4O. The number of likely N-dealkylation sites (tertiary alicyclic amines) is 1. The number of nitrogens with one attached hydrogen (secondary N) is 1. The van der Waals surface area contributed by atoms with Crippen molar-refractivity contribution < 1.29 is 5.11 Å². The van der Waals surface area contributed by atoms with Crippen molar-refractivity contribution in [3.8, 4) is 0 Å². The van der Waals surface area contributed by atoms with Gasteiger partial charge in [0.1, 0.15) is 12.1 Å². The fourth-order valence-corrected chi connectivity index (χ4v) is 2.24. The number of aliphatic hydroxyl groups is 1. The summed E-state index contributed by atoms with van der Waals surface area (Å²) in [4.78, 5) is 10.6. The molecule has 1 fully saturated rings. The fourth-order valence-electron chi connectivity index (χ4n) is 2.24. The molecule has 0 bridgehead atoms. The molecule has 0 unspecified atom stereocenters. The Labute approximate surface area is 108 Å². The molecule has 2 N–H and O–H groups in total. The Morgan fingerprint density at radius 3 is 2.89 bits per heavy atom. The maximum Gasteiger partial charge on any atom is 0.129 e. The van der Waals surface area contributed by atoms with Crippen molar-refractivity contribution >= 4 is 5.82 Å². The number of hydrogen-bond donors (Lipinski definition) is 2. The molecule has 1 saturated heterocycles. The second-order valence-corrected chi connectivity index (χ2v) is 4.79. The van der Waals surface area contributed by atoms with Gasteiger partial charge >= 0.3 is 0 Å². The Morgan fingerprint density at radius 2 is 2.17 bits per heavy atom. The van der Waals surface area contributed by atoms with E-state index in [4.69, 9.17) is 0 Å². The van der Waals surface area contributed by atoms with Gasteiger partial charge in [-0.05, 0) is 32.4 Å². The summed E-state index contributed by atoms with van der Waals surface area (Å²) in [5.41, 5.74) is 1.02. The van der Waals surface area contributed by atoms with Crippen LogP contribution in [0.4, 0.5) is 5.82 Å². The molecule has 1 aromatic rings. The van der Waals surface area contributed by atoms with Crippen molar-refractivity contribution in [3.05, 3.63) is 18.1 Å². The summed E-state index contributed by atoms with van der Waals surface area (Å²) in [6, 6.07) is 1.93. The van der Waals surface area contributed by atoms with E-state index in [0.717, 1.165) is 37.6 Å². The van der Waals surface area contributed by atoms with Gasteiger partial charge in [-0.1, -0.05) is 6.92 Å². The zero-order chi connectivity index (χ0) is 12.8. The highest BCUT2D eigenvalue weighted by Crippen LogP contribution is 2.08. The second kappa shape index (κ2) is 6.66. The lowest BCUT2D eigenvalue weighted by Crippen LogP contribution is -2.34. The van der Waals surface area contributed by atoms with Gasteiger partial charge in [0, 0.05) is 24.8 Å². The number of nitrogens with zero attached hydrogens (tertiary/aromatic N) is 3. The summed E-state index contributed by atoms with van der Waals surface area (Å²) in [5, 5.41) is 13.1. The van der Waals surface area contributed by atoms with Crippen molar-refractivity contribution in [2.45, 2.75) is 32.3 Å². The molecule has 18 heavy (non-hydrogen) atoms. The topological polar surface area (TPSA) is 61.3 Å². The molecule has 0 aromatic carbocycles. The Kier molecular flexibility index (Phi) is 4.90. The van der Waals surface area contributed by atoms with Crippen LogP contribution in [0.15, 0.2) is 12.4 Å². The number of β-amino-alcohol motifs (C(OH)–C–C–N with tert-alkyl or cyclic N) is 1. The third-order valence-electron chi connectivity index (χ3n) is 3.27. The highest BCUT2D eigenvalue weighted by Gasteiger charge is 2.15. The van der Waals surface area contributed by atoms with Crippen molar-refractivity contribution in [1.82, 2.24) is 14.9 Å². The normalized spacial score (nSPS) is 17.9. The molecule has 0 saturated carbocycles. The SMILES string of the molecule is CCc1cc(NC[C@@H](O)CN2CCCC2)ncn1. The molecule has 2 rings (SSSR count).